The molecule has 0 N–H and O–H groups in total. The lowest BCUT2D eigenvalue weighted by Crippen LogP contribution is -2.32. The van der Waals surface area contributed by atoms with Gasteiger partial charge in [-0.25, -0.2) is 9.59 Å². The van der Waals surface area contributed by atoms with Crippen LogP contribution in [0.2, 0.25) is 0 Å². The van der Waals surface area contributed by atoms with Crippen LogP contribution in [0.4, 0.5) is 0 Å². The van der Waals surface area contributed by atoms with E-state index in [1.54, 1.807) is 28.4 Å². The van der Waals surface area contributed by atoms with Crippen molar-refractivity contribution < 1.29 is 38.0 Å². The van der Waals surface area contributed by atoms with E-state index in [9.17, 15) is 9.59 Å². The number of hydrogen-bond acceptors (Lipinski definition) is 10. The molecule has 0 saturated heterocycles. The molecule has 0 unspecified atom stereocenters. The SMILES string of the molecule is COCCN(CCCOC(=O)/C=C/C(=O)OCCCN(CCOC)CCOC)CCOC.Cl. The number of carbonyl (C=O) groups is 2. The zero-order chi connectivity index (χ0) is 23.9. The lowest BCUT2D eigenvalue weighted by atomic mass is 10.3. The summed E-state index contributed by atoms with van der Waals surface area (Å²) in [5.41, 5.74) is 0. The fraction of sp³-hybridized carbons (Fsp3) is 0.818. The maximum absolute atomic E-state index is 11.8. The smallest absolute Gasteiger partial charge is 0.331 e. The molecule has 11 heteroatoms. The molecular weight excluding hydrogens is 456 g/mol. The second-order valence-electron chi connectivity index (χ2n) is 7.03. The van der Waals surface area contributed by atoms with Crippen LogP contribution in [0.25, 0.3) is 0 Å². The fourth-order valence-electron chi connectivity index (χ4n) is 2.71. The van der Waals surface area contributed by atoms with E-state index < -0.39 is 11.9 Å². The first-order chi connectivity index (χ1) is 15.6. The molecule has 196 valence electrons. The molecule has 0 amide bonds. The molecule has 0 aromatic carbocycles. The topological polar surface area (TPSA) is 96.0 Å². The normalized spacial score (nSPS) is 11.2. The van der Waals surface area contributed by atoms with Crippen LogP contribution in [0, 0.1) is 0 Å². The van der Waals surface area contributed by atoms with E-state index in [-0.39, 0.29) is 25.6 Å². The molecule has 10 nitrogen and oxygen atoms in total. The summed E-state index contributed by atoms with van der Waals surface area (Å²) in [6, 6.07) is 0. The highest BCUT2D eigenvalue weighted by Gasteiger charge is 2.07. The zero-order valence-corrected chi connectivity index (χ0v) is 21.4. The maximum atomic E-state index is 11.8. The van der Waals surface area contributed by atoms with Crippen LogP contribution in [0.15, 0.2) is 12.2 Å². The van der Waals surface area contributed by atoms with Crippen molar-refractivity contribution in [3.8, 4) is 0 Å². The summed E-state index contributed by atoms with van der Waals surface area (Å²) < 4.78 is 30.6. The second-order valence-corrected chi connectivity index (χ2v) is 7.03. The summed E-state index contributed by atoms with van der Waals surface area (Å²) in [5.74, 6) is -1.12. The van der Waals surface area contributed by atoms with E-state index in [1.165, 1.54) is 0 Å². The first kappa shape index (κ1) is 33.9. The van der Waals surface area contributed by atoms with Crippen molar-refractivity contribution in [1.29, 1.82) is 0 Å². The molecule has 0 rings (SSSR count). The second kappa shape index (κ2) is 25.4. The number of halogens is 1. The third kappa shape index (κ3) is 22.3. The molecule has 0 radical (unpaired) electrons. The van der Waals surface area contributed by atoms with Crippen molar-refractivity contribution in [2.24, 2.45) is 0 Å². The Morgan fingerprint density at radius 3 is 1.12 bits per heavy atom. The van der Waals surface area contributed by atoms with Gasteiger partial charge in [-0.05, 0) is 12.8 Å². The van der Waals surface area contributed by atoms with Crippen molar-refractivity contribution in [1.82, 2.24) is 9.80 Å². The molecule has 0 atom stereocenters. The van der Waals surface area contributed by atoms with Gasteiger partial charge in [0.15, 0.2) is 0 Å². The van der Waals surface area contributed by atoms with Crippen molar-refractivity contribution in [2.75, 3.05) is 107 Å². The molecular formula is C22H43ClN2O8. The molecule has 0 bridgehead atoms. The lowest BCUT2D eigenvalue weighted by molar-refractivity contribution is -0.140. The van der Waals surface area contributed by atoms with Gasteiger partial charge in [-0.15, -0.1) is 12.4 Å². The highest BCUT2D eigenvalue weighted by Crippen LogP contribution is 1.96. The molecule has 0 aliphatic rings. The zero-order valence-electron chi connectivity index (χ0n) is 20.6. The van der Waals surface area contributed by atoms with Gasteiger partial charge in [0.25, 0.3) is 0 Å². The average molecular weight is 499 g/mol. The minimum atomic E-state index is -0.562. The average Bonchev–Trinajstić information content (AvgIpc) is 2.80. The highest BCUT2D eigenvalue weighted by molar-refractivity contribution is 5.91. The Bertz CT molecular complexity index is 439. The van der Waals surface area contributed by atoms with Gasteiger partial charge in [-0.3, -0.25) is 9.80 Å². The van der Waals surface area contributed by atoms with Gasteiger partial charge in [0.05, 0.1) is 39.6 Å². The van der Waals surface area contributed by atoms with Crippen LogP contribution < -0.4 is 0 Å². The van der Waals surface area contributed by atoms with Gasteiger partial charge in [-0.1, -0.05) is 0 Å². The first-order valence-electron chi connectivity index (χ1n) is 11.0. The highest BCUT2D eigenvalue weighted by atomic mass is 35.5. The number of esters is 2. The summed E-state index contributed by atoms with van der Waals surface area (Å²) in [6.45, 7) is 7.74. The Labute approximate surface area is 204 Å². The Morgan fingerprint density at radius 1 is 0.545 bits per heavy atom. The van der Waals surface area contributed by atoms with Gasteiger partial charge in [-0.2, -0.15) is 0 Å². The van der Waals surface area contributed by atoms with E-state index in [0.717, 1.165) is 51.4 Å². The summed E-state index contributed by atoms with van der Waals surface area (Å²) in [5, 5.41) is 0. The fourth-order valence-corrected chi connectivity index (χ4v) is 2.71. The maximum Gasteiger partial charge on any atom is 0.331 e. The molecule has 0 aromatic rings. The lowest BCUT2D eigenvalue weighted by Gasteiger charge is -2.21. The summed E-state index contributed by atoms with van der Waals surface area (Å²) >= 11 is 0. The number of nitrogens with zero attached hydrogens (tertiary/aromatic N) is 2. The third-order valence-electron chi connectivity index (χ3n) is 4.53. The van der Waals surface area contributed by atoms with Crippen LogP contribution in [0.1, 0.15) is 12.8 Å². The van der Waals surface area contributed by atoms with Gasteiger partial charge in [0.1, 0.15) is 0 Å². The molecule has 0 heterocycles. The summed E-state index contributed by atoms with van der Waals surface area (Å²) in [7, 11) is 6.64. The number of ether oxygens (including phenoxy) is 6. The minimum absolute atomic E-state index is 0. The molecule has 33 heavy (non-hydrogen) atoms. The van der Waals surface area contributed by atoms with E-state index in [4.69, 9.17) is 28.4 Å². The number of methoxy groups -OCH3 is 4. The molecule has 0 aromatic heterocycles. The van der Waals surface area contributed by atoms with Crippen LogP contribution >= 0.6 is 12.4 Å². The number of carbonyl (C=O) groups excluding carboxylic acids is 2. The van der Waals surface area contributed by atoms with Crippen molar-refractivity contribution in [3.05, 3.63) is 12.2 Å². The van der Waals surface area contributed by atoms with Crippen LogP contribution in [-0.4, -0.2) is 129 Å². The molecule has 0 spiro atoms. The monoisotopic (exact) mass is 498 g/mol. The summed E-state index contributed by atoms with van der Waals surface area (Å²) in [6.07, 6.45) is 3.55. The molecule has 0 saturated carbocycles. The van der Waals surface area contributed by atoms with Crippen LogP contribution in [-0.2, 0) is 38.0 Å². The van der Waals surface area contributed by atoms with Gasteiger partial charge < -0.3 is 28.4 Å². The first-order valence-corrected chi connectivity index (χ1v) is 11.0. The van der Waals surface area contributed by atoms with Crippen molar-refractivity contribution in [2.45, 2.75) is 12.8 Å². The van der Waals surface area contributed by atoms with Crippen LogP contribution in [0.3, 0.4) is 0 Å². The van der Waals surface area contributed by atoms with Crippen molar-refractivity contribution >= 4 is 24.3 Å². The Kier molecular flexibility index (Phi) is 26.0. The Morgan fingerprint density at radius 2 is 0.848 bits per heavy atom. The minimum Gasteiger partial charge on any atom is -0.462 e. The van der Waals surface area contributed by atoms with Gasteiger partial charge >= 0.3 is 11.9 Å². The third-order valence-corrected chi connectivity index (χ3v) is 4.53. The summed E-state index contributed by atoms with van der Waals surface area (Å²) in [4.78, 5) is 27.9. The number of rotatable bonds is 22. The van der Waals surface area contributed by atoms with Gasteiger partial charge in [0, 0.05) is 79.9 Å². The predicted octanol–water partition coefficient (Wildman–Crippen LogP) is 1.02. The van der Waals surface area contributed by atoms with E-state index in [1.807, 2.05) is 0 Å². The molecule has 0 aliphatic carbocycles. The van der Waals surface area contributed by atoms with E-state index >= 15 is 0 Å². The van der Waals surface area contributed by atoms with E-state index in [0.29, 0.717) is 39.3 Å². The van der Waals surface area contributed by atoms with E-state index in [2.05, 4.69) is 9.80 Å². The standard InChI is InChI=1S/C22H42N2O8.ClH/c1-27-17-11-23(12-18-28-2)9-5-15-31-21(25)7-8-22(26)32-16-6-10-24(13-19-29-3)14-20-30-4;/h7-8H,5-6,9-20H2,1-4H3;1H/b8-7+;. The largest absolute Gasteiger partial charge is 0.462 e. The number of hydrogen-bond donors (Lipinski definition) is 0. The quantitative estimate of drug-likeness (QED) is 0.122. The predicted molar refractivity (Wildman–Crippen MR) is 128 cm³/mol. The Balaban J connectivity index is 0. The van der Waals surface area contributed by atoms with Gasteiger partial charge in [0.2, 0.25) is 0 Å². The molecule has 0 aliphatic heterocycles. The Hall–Kier alpha value is -1.27. The van der Waals surface area contributed by atoms with Crippen molar-refractivity contribution in [3.63, 3.8) is 0 Å². The van der Waals surface area contributed by atoms with Crippen LogP contribution in [0.5, 0.6) is 0 Å². The molecule has 0 fully saturated rings.